The van der Waals surface area contributed by atoms with Gasteiger partial charge in [0.25, 0.3) is 5.91 Å². The number of phenols is 1. The van der Waals surface area contributed by atoms with Gasteiger partial charge in [0, 0.05) is 19.0 Å². The number of benzene rings is 1. The van der Waals surface area contributed by atoms with Crippen molar-refractivity contribution in [2.24, 2.45) is 11.8 Å². The Balaban J connectivity index is 1.81. The lowest BCUT2D eigenvalue weighted by molar-refractivity contribution is -0.136. The molecule has 1 aromatic rings. The van der Waals surface area contributed by atoms with E-state index in [0.717, 1.165) is 0 Å². The van der Waals surface area contributed by atoms with E-state index in [1.165, 1.54) is 7.11 Å². The molecule has 2 aliphatic heterocycles. The summed E-state index contributed by atoms with van der Waals surface area (Å²) in [4.78, 5) is 28.6. The molecule has 1 aromatic carbocycles. The fraction of sp³-hybridized carbons (Fsp3) is 0.545. The number of nitrogens with zero attached hydrogens (tertiary/aromatic N) is 1. The molecule has 9 heteroatoms. The quantitative estimate of drug-likeness (QED) is 0.605. The zero-order valence-electron chi connectivity index (χ0n) is 17.6. The predicted octanol–water partition coefficient (Wildman–Crippen LogP) is 3.57. The predicted molar refractivity (Wildman–Crippen MR) is 117 cm³/mol. The second kappa shape index (κ2) is 8.64. The van der Waals surface area contributed by atoms with Gasteiger partial charge in [-0.25, -0.2) is 0 Å². The van der Waals surface area contributed by atoms with E-state index in [9.17, 15) is 14.7 Å². The number of alkyl halides is 1. The number of Topliss-reactive ketones (excluding diaryl/α,β-unsaturated/α-hetero) is 1. The van der Waals surface area contributed by atoms with Gasteiger partial charge in [-0.2, -0.15) is 0 Å². The van der Waals surface area contributed by atoms with E-state index in [1.54, 1.807) is 24.1 Å². The fourth-order valence-electron chi connectivity index (χ4n) is 4.74. The Morgan fingerprint density at radius 2 is 2.03 bits per heavy atom. The summed E-state index contributed by atoms with van der Waals surface area (Å²) in [7, 11) is 3.00. The first-order valence-corrected chi connectivity index (χ1v) is 11.5. The molecule has 1 fully saturated rings. The Morgan fingerprint density at radius 3 is 2.71 bits per heavy atom. The number of fused-ring (bicyclic) bond motifs is 1. The van der Waals surface area contributed by atoms with Crippen LogP contribution in [-0.4, -0.2) is 60.5 Å². The third kappa shape index (κ3) is 3.72. The second-order valence-electron chi connectivity index (χ2n) is 8.28. The number of amides is 1. The fourth-order valence-corrected chi connectivity index (χ4v) is 5.49. The number of hydrogen-bond donors (Lipinski definition) is 1. The first-order chi connectivity index (χ1) is 14.8. The summed E-state index contributed by atoms with van der Waals surface area (Å²) < 4.78 is 17.1. The Hall–Kier alpha value is -1.77. The van der Waals surface area contributed by atoms with Gasteiger partial charge in [-0.05, 0) is 52.4 Å². The molecule has 1 saturated carbocycles. The third-order valence-corrected chi connectivity index (χ3v) is 7.64. The van der Waals surface area contributed by atoms with Gasteiger partial charge >= 0.3 is 0 Å². The molecule has 5 atom stereocenters. The molecule has 0 spiro atoms. The number of aromatic hydroxyl groups is 1. The highest BCUT2D eigenvalue weighted by atomic mass is 79.9. The number of carbonyl (C=O) groups excluding carboxylic acids is 2. The molecule has 1 N–H and O–H groups in total. The van der Waals surface area contributed by atoms with Crippen molar-refractivity contribution < 1.29 is 28.9 Å². The summed E-state index contributed by atoms with van der Waals surface area (Å²) in [6.07, 6.45) is 0.810. The van der Waals surface area contributed by atoms with E-state index in [-0.39, 0.29) is 58.8 Å². The van der Waals surface area contributed by atoms with E-state index in [4.69, 9.17) is 25.8 Å². The lowest BCUT2D eigenvalue weighted by Gasteiger charge is -2.40. The van der Waals surface area contributed by atoms with Crippen molar-refractivity contribution in [3.63, 3.8) is 0 Å². The summed E-state index contributed by atoms with van der Waals surface area (Å²) in [6.45, 7) is 2.63. The van der Waals surface area contributed by atoms with Gasteiger partial charge in [0.2, 0.25) is 0 Å². The largest absolute Gasteiger partial charge is 0.503 e. The van der Waals surface area contributed by atoms with E-state index in [1.807, 2.05) is 6.92 Å². The van der Waals surface area contributed by atoms with E-state index in [2.05, 4.69) is 15.9 Å². The van der Waals surface area contributed by atoms with Crippen molar-refractivity contribution in [1.82, 2.24) is 4.90 Å². The topological polar surface area (TPSA) is 85.3 Å². The first kappa shape index (κ1) is 22.4. The number of halogens is 2. The third-order valence-electron chi connectivity index (χ3n) is 6.43. The van der Waals surface area contributed by atoms with Gasteiger partial charge in [-0.15, -0.1) is 11.6 Å². The molecule has 0 aromatic heterocycles. The van der Waals surface area contributed by atoms with Crippen LogP contribution in [-0.2, 0) is 19.1 Å². The van der Waals surface area contributed by atoms with Gasteiger partial charge in [0.05, 0.1) is 35.7 Å². The molecule has 0 saturated heterocycles. The molecule has 168 valence electrons. The van der Waals surface area contributed by atoms with Crippen LogP contribution in [0.2, 0.25) is 0 Å². The highest BCUT2D eigenvalue weighted by Gasteiger charge is 2.53. The zero-order chi connectivity index (χ0) is 22.4. The summed E-state index contributed by atoms with van der Waals surface area (Å²) in [5.41, 5.74) is 0.985. The number of ether oxygens (including phenoxy) is 3. The van der Waals surface area contributed by atoms with Crippen molar-refractivity contribution >= 4 is 39.2 Å². The maximum Gasteiger partial charge on any atom is 0.290 e. The van der Waals surface area contributed by atoms with Crippen molar-refractivity contribution in [3.8, 4) is 11.5 Å². The van der Waals surface area contributed by atoms with Gasteiger partial charge < -0.3 is 24.2 Å². The van der Waals surface area contributed by atoms with Gasteiger partial charge in [0.15, 0.2) is 23.0 Å². The van der Waals surface area contributed by atoms with Gasteiger partial charge in [0.1, 0.15) is 6.10 Å². The molecule has 1 aliphatic carbocycles. The summed E-state index contributed by atoms with van der Waals surface area (Å²) in [6, 6.07) is 2.67. The molecule has 5 unspecified atom stereocenters. The minimum Gasteiger partial charge on any atom is -0.503 e. The molecule has 31 heavy (non-hydrogen) atoms. The Kier molecular flexibility index (Phi) is 6.25. The normalized spacial score (nSPS) is 30.2. The number of hydrogen-bond acceptors (Lipinski definition) is 6. The lowest BCUT2D eigenvalue weighted by atomic mass is 9.74. The number of phenolic OH excluding ortho intramolecular Hbond substituents is 1. The minimum absolute atomic E-state index is 0.0502. The average Bonchev–Trinajstić information content (AvgIpc) is 3.02. The molecular weight excluding hydrogens is 490 g/mol. The Morgan fingerprint density at radius 1 is 1.29 bits per heavy atom. The second-order valence-corrected chi connectivity index (χ2v) is 9.70. The molecule has 7 nitrogen and oxygen atoms in total. The highest BCUT2D eigenvalue weighted by molar-refractivity contribution is 9.10. The molecule has 1 amide bonds. The van der Waals surface area contributed by atoms with Gasteiger partial charge in [-0.1, -0.05) is 6.92 Å². The van der Waals surface area contributed by atoms with Crippen LogP contribution in [0.25, 0.3) is 0 Å². The average molecular weight is 515 g/mol. The van der Waals surface area contributed by atoms with Crippen LogP contribution in [0.15, 0.2) is 27.9 Å². The van der Waals surface area contributed by atoms with Crippen molar-refractivity contribution in [1.29, 1.82) is 0 Å². The summed E-state index contributed by atoms with van der Waals surface area (Å²) >= 11 is 9.82. The Bertz CT molecular complexity index is 950. The maximum absolute atomic E-state index is 13.6. The van der Waals surface area contributed by atoms with E-state index < -0.39 is 6.04 Å². The number of methoxy groups -OCH3 is 2. The molecule has 4 rings (SSSR count). The number of carbonyl (C=O) groups is 2. The minimum atomic E-state index is -0.662. The Labute approximate surface area is 194 Å². The van der Waals surface area contributed by atoms with Crippen LogP contribution >= 0.6 is 27.5 Å². The van der Waals surface area contributed by atoms with Crippen molar-refractivity contribution in [2.45, 2.75) is 37.3 Å². The smallest absolute Gasteiger partial charge is 0.290 e. The van der Waals surface area contributed by atoms with Crippen LogP contribution in [0.5, 0.6) is 11.5 Å². The van der Waals surface area contributed by atoms with Crippen LogP contribution in [0.1, 0.15) is 31.4 Å². The standard InChI is InChI=1S/C22H25BrClNO6/c1-10-6-15-12(9-14(10)24)19(26)17-18(11-7-13(23)20(27)16(8-11)30-3)25(4-5-29-2)22(28)21(17)31-15/h7-8,10,12,14-15,18,27H,4-6,9H2,1-3H3. The lowest BCUT2D eigenvalue weighted by Crippen LogP contribution is -2.44. The first-order valence-electron chi connectivity index (χ1n) is 10.2. The molecule has 2 heterocycles. The van der Waals surface area contributed by atoms with E-state index in [0.29, 0.717) is 35.1 Å². The van der Waals surface area contributed by atoms with Crippen LogP contribution < -0.4 is 4.74 Å². The maximum atomic E-state index is 13.6. The number of ketones is 1. The SMILES string of the molecule is COCCN1C(=O)C2=C(C(=O)C3CC(Cl)C(C)CC3O2)C1c1cc(Br)c(O)c(OC)c1. The molecule has 0 bridgehead atoms. The monoisotopic (exact) mass is 513 g/mol. The molecular formula is C22H25BrClNO6. The van der Waals surface area contributed by atoms with Crippen molar-refractivity contribution in [2.75, 3.05) is 27.4 Å². The summed E-state index contributed by atoms with van der Waals surface area (Å²) in [5, 5.41) is 10.1. The molecule has 0 radical (unpaired) electrons. The van der Waals surface area contributed by atoms with Crippen LogP contribution in [0, 0.1) is 11.8 Å². The number of rotatable bonds is 5. The summed E-state index contributed by atoms with van der Waals surface area (Å²) in [5.74, 6) is -0.282. The van der Waals surface area contributed by atoms with Crippen molar-refractivity contribution in [3.05, 3.63) is 33.5 Å². The van der Waals surface area contributed by atoms with Crippen LogP contribution in [0.4, 0.5) is 0 Å². The van der Waals surface area contributed by atoms with Gasteiger partial charge in [-0.3, -0.25) is 9.59 Å². The highest BCUT2D eigenvalue weighted by Crippen LogP contribution is 2.49. The van der Waals surface area contributed by atoms with Crippen LogP contribution in [0.3, 0.4) is 0 Å². The molecule has 3 aliphatic rings. The zero-order valence-corrected chi connectivity index (χ0v) is 19.9. The van der Waals surface area contributed by atoms with E-state index >= 15 is 0 Å².